The lowest BCUT2D eigenvalue weighted by Gasteiger charge is -2.19. The fourth-order valence-corrected chi connectivity index (χ4v) is 2.41. The molecule has 0 fully saturated rings. The van der Waals surface area contributed by atoms with E-state index in [1.54, 1.807) is 0 Å². The largest absolute Gasteiger partial charge is 0.307 e. The molecule has 1 nitrogen and oxygen atoms in total. The minimum atomic E-state index is 0.285. The van der Waals surface area contributed by atoms with E-state index >= 15 is 0 Å². The third-order valence-electron chi connectivity index (χ3n) is 3.02. The van der Waals surface area contributed by atoms with Crippen LogP contribution >= 0.6 is 22.6 Å². The fourth-order valence-electron chi connectivity index (χ4n) is 2.05. The van der Waals surface area contributed by atoms with E-state index < -0.39 is 0 Å². The molecule has 0 aliphatic carbocycles. The predicted molar refractivity (Wildman–Crippen MR) is 85.9 cm³/mol. The van der Waals surface area contributed by atoms with Crippen molar-refractivity contribution in [2.75, 3.05) is 6.54 Å². The SMILES string of the molecule is CCNC(c1ccc(C)cc1)c1ccc(I)cc1. The molecule has 0 aliphatic rings. The summed E-state index contributed by atoms with van der Waals surface area (Å²) in [6.45, 7) is 5.23. The van der Waals surface area contributed by atoms with Crippen molar-refractivity contribution < 1.29 is 0 Å². The summed E-state index contributed by atoms with van der Waals surface area (Å²) in [7, 11) is 0. The molecule has 2 heteroatoms. The van der Waals surface area contributed by atoms with Gasteiger partial charge in [0.15, 0.2) is 0 Å². The quantitative estimate of drug-likeness (QED) is 0.810. The van der Waals surface area contributed by atoms with E-state index in [1.165, 1.54) is 20.3 Å². The van der Waals surface area contributed by atoms with Gasteiger partial charge in [-0.2, -0.15) is 0 Å². The summed E-state index contributed by atoms with van der Waals surface area (Å²) < 4.78 is 1.27. The minimum Gasteiger partial charge on any atom is -0.307 e. The summed E-state index contributed by atoms with van der Waals surface area (Å²) >= 11 is 2.34. The van der Waals surface area contributed by atoms with E-state index in [-0.39, 0.29) is 6.04 Å². The Morgan fingerprint density at radius 3 is 1.94 bits per heavy atom. The van der Waals surface area contributed by atoms with Crippen LogP contribution in [0, 0.1) is 10.5 Å². The topological polar surface area (TPSA) is 12.0 Å². The van der Waals surface area contributed by atoms with Gasteiger partial charge in [0.1, 0.15) is 0 Å². The summed E-state index contributed by atoms with van der Waals surface area (Å²) in [5.41, 5.74) is 3.95. The Hall–Kier alpha value is -0.870. The molecule has 0 saturated carbocycles. The van der Waals surface area contributed by atoms with Gasteiger partial charge in [0, 0.05) is 3.57 Å². The molecule has 0 amide bonds. The Labute approximate surface area is 123 Å². The Morgan fingerprint density at radius 2 is 1.44 bits per heavy atom. The van der Waals surface area contributed by atoms with Crippen molar-refractivity contribution in [3.05, 3.63) is 68.8 Å². The molecule has 0 radical (unpaired) electrons. The first-order valence-electron chi connectivity index (χ1n) is 6.26. The van der Waals surface area contributed by atoms with Crippen LogP contribution in [0.1, 0.15) is 29.7 Å². The third-order valence-corrected chi connectivity index (χ3v) is 3.74. The fraction of sp³-hybridized carbons (Fsp3) is 0.250. The van der Waals surface area contributed by atoms with E-state index in [4.69, 9.17) is 0 Å². The second-order valence-electron chi connectivity index (χ2n) is 4.45. The molecule has 2 aromatic carbocycles. The van der Waals surface area contributed by atoms with Crippen molar-refractivity contribution in [2.45, 2.75) is 19.9 Å². The van der Waals surface area contributed by atoms with Gasteiger partial charge < -0.3 is 5.32 Å². The minimum absolute atomic E-state index is 0.285. The van der Waals surface area contributed by atoms with Gasteiger partial charge in [0.2, 0.25) is 0 Å². The van der Waals surface area contributed by atoms with Crippen LogP contribution < -0.4 is 5.32 Å². The van der Waals surface area contributed by atoms with E-state index in [0.717, 1.165) is 6.54 Å². The maximum Gasteiger partial charge on any atom is 0.0576 e. The molecule has 1 unspecified atom stereocenters. The highest BCUT2D eigenvalue weighted by Gasteiger charge is 2.12. The molecule has 1 atom stereocenters. The van der Waals surface area contributed by atoms with Gasteiger partial charge >= 0.3 is 0 Å². The van der Waals surface area contributed by atoms with E-state index in [1.807, 2.05) is 0 Å². The summed E-state index contributed by atoms with van der Waals surface area (Å²) in [5.74, 6) is 0. The molecule has 94 valence electrons. The zero-order valence-corrected chi connectivity index (χ0v) is 12.9. The second-order valence-corrected chi connectivity index (χ2v) is 5.70. The van der Waals surface area contributed by atoms with E-state index in [9.17, 15) is 0 Å². The molecule has 0 aromatic heterocycles. The lowest BCUT2D eigenvalue weighted by Crippen LogP contribution is -2.21. The Balaban J connectivity index is 2.33. The highest BCUT2D eigenvalue weighted by Crippen LogP contribution is 2.23. The Kier molecular flexibility index (Phi) is 4.78. The lowest BCUT2D eigenvalue weighted by atomic mass is 9.98. The molecule has 0 heterocycles. The van der Waals surface area contributed by atoms with Gasteiger partial charge in [-0.25, -0.2) is 0 Å². The average molecular weight is 351 g/mol. The zero-order valence-electron chi connectivity index (χ0n) is 10.8. The van der Waals surface area contributed by atoms with Gasteiger partial charge in [0.25, 0.3) is 0 Å². The molecule has 2 aromatic rings. The molecule has 0 saturated heterocycles. The molecule has 0 aliphatic heterocycles. The first-order valence-corrected chi connectivity index (χ1v) is 7.34. The monoisotopic (exact) mass is 351 g/mol. The summed E-state index contributed by atoms with van der Waals surface area (Å²) in [5, 5.41) is 3.55. The highest BCUT2D eigenvalue weighted by molar-refractivity contribution is 14.1. The lowest BCUT2D eigenvalue weighted by molar-refractivity contribution is 0.630. The van der Waals surface area contributed by atoms with Crippen molar-refractivity contribution in [1.82, 2.24) is 5.32 Å². The van der Waals surface area contributed by atoms with Crippen LogP contribution in [-0.4, -0.2) is 6.54 Å². The van der Waals surface area contributed by atoms with E-state index in [0.29, 0.717) is 0 Å². The zero-order chi connectivity index (χ0) is 13.0. The molecule has 0 bridgehead atoms. The van der Waals surface area contributed by atoms with Crippen LogP contribution in [0.15, 0.2) is 48.5 Å². The number of aryl methyl sites for hydroxylation is 1. The molecular formula is C16H18IN. The number of halogens is 1. The first-order chi connectivity index (χ1) is 8.70. The van der Waals surface area contributed by atoms with Crippen LogP contribution in [0.25, 0.3) is 0 Å². The van der Waals surface area contributed by atoms with Crippen LogP contribution in [0.4, 0.5) is 0 Å². The number of hydrogen-bond donors (Lipinski definition) is 1. The number of rotatable bonds is 4. The van der Waals surface area contributed by atoms with Crippen LogP contribution in [-0.2, 0) is 0 Å². The van der Waals surface area contributed by atoms with E-state index in [2.05, 4.69) is 90.3 Å². The maximum absolute atomic E-state index is 3.55. The van der Waals surface area contributed by atoms with Gasteiger partial charge in [0.05, 0.1) is 6.04 Å². The normalized spacial score (nSPS) is 12.4. The van der Waals surface area contributed by atoms with Gasteiger partial charge in [-0.15, -0.1) is 0 Å². The molecule has 2 rings (SSSR count). The third kappa shape index (κ3) is 3.33. The first kappa shape index (κ1) is 13.6. The molecule has 1 N–H and O–H groups in total. The second kappa shape index (κ2) is 6.34. The van der Waals surface area contributed by atoms with Crippen LogP contribution in [0.3, 0.4) is 0 Å². The number of nitrogens with one attached hydrogen (secondary N) is 1. The molecule has 18 heavy (non-hydrogen) atoms. The van der Waals surface area contributed by atoms with Crippen LogP contribution in [0.2, 0.25) is 0 Å². The molecular weight excluding hydrogens is 333 g/mol. The maximum atomic E-state index is 3.55. The predicted octanol–water partition coefficient (Wildman–Crippen LogP) is 4.30. The van der Waals surface area contributed by atoms with Crippen molar-refractivity contribution in [2.24, 2.45) is 0 Å². The molecule has 0 spiro atoms. The van der Waals surface area contributed by atoms with Gasteiger partial charge in [-0.1, -0.05) is 48.9 Å². The van der Waals surface area contributed by atoms with Crippen molar-refractivity contribution in [3.63, 3.8) is 0 Å². The Bertz CT molecular complexity index is 442. The van der Waals surface area contributed by atoms with Crippen molar-refractivity contribution in [3.8, 4) is 0 Å². The smallest absolute Gasteiger partial charge is 0.0576 e. The summed E-state index contributed by atoms with van der Waals surface area (Å²) in [6, 6.07) is 17.8. The van der Waals surface area contributed by atoms with Crippen molar-refractivity contribution >= 4 is 22.6 Å². The van der Waals surface area contributed by atoms with Crippen molar-refractivity contribution in [1.29, 1.82) is 0 Å². The average Bonchev–Trinajstić information content (AvgIpc) is 2.39. The Morgan fingerprint density at radius 1 is 0.944 bits per heavy atom. The summed E-state index contributed by atoms with van der Waals surface area (Å²) in [6.07, 6.45) is 0. The van der Waals surface area contributed by atoms with Gasteiger partial charge in [-0.3, -0.25) is 0 Å². The number of benzene rings is 2. The highest BCUT2D eigenvalue weighted by atomic mass is 127. The standard InChI is InChI=1S/C16H18IN/c1-3-18-16(13-6-4-12(2)5-7-13)14-8-10-15(17)11-9-14/h4-11,16,18H,3H2,1-2H3. The van der Waals surface area contributed by atoms with Gasteiger partial charge in [-0.05, 0) is 59.3 Å². The number of hydrogen-bond acceptors (Lipinski definition) is 1. The summed E-state index contributed by atoms with van der Waals surface area (Å²) in [4.78, 5) is 0. The van der Waals surface area contributed by atoms with Crippen LogP contribution in [0.5, 0.6) is 0 Å².